The summed E-state index contributed by atoms with van der Waals surface area (Å²) >= 11 is 1.29. The van der Waals surface area contributed by atoms with Crippen LogP contribution in [0.15, 0.2) is 48.0 Å². The molecule has 2 heterocycles. The maximum atomic E-state index is 12.1. The number of nitrogens with one attached hydrogen (secondary N) is 1. The highest BCUT2D eigenvalue weighted by Gasteiger charge is 2.15. The van der Waals surface area contributed by atoms with Gasteiger partial charge in [0.15, 0.2) is 6.61 Å². The van der Waals surface area contributed by atoms with Crippen molar-refractivity contribution in [2.45, 2.75) is 0 Å². The van der Waals surface area contributed by atoms with Crippen LogP contribution >= 0.6 is 11.3 Å². The van der Waals surface area contributed by atoms with Crippen LogP contribution in [0.4, 0.5) is 0 Å². The molecule has 0 atom stereocenters. The highest BCUT2D eigenvalue weighted by atomic mass is 32.1. The van der Waals surface area contributed by atoms with Crippen LogP contribution in [-0.4, -0.2) is 23.3 Å². The SMILES string of the molecule is O=C(OCC(=O)c1c[nH]c2ccccc12)c1cccs1. The minimum atomic E-state index is -0.465. The number of hydrogen-bond donors (Lipinski definition) is 1. The lowest BCUT2D eigenvalue weighted by Gasteiger charge is -2.02. The van der Waals surface area contributed by atoms with Gasteiger partial charge >= 0.3 is 5.97 Å². The Hall–Kier alpha value is -2.40. The second kappa shape index (κ2) is 5.30. The van der Waals surface area contributed by atoms with Crippen molar-refractivity contribution in [2.24, 2.45) is 0 Å². The van der Waals surface area contributed by atoms with Crippen molar-refractivity contribution in [1.29, 1.82) is 0 Å². The molecule has 0 saturated carbocycles. The van der Waals surface area contributed by atoms with Gasteiger partial charge in [-0.1, -0.05) is 24.3 Å². The van der Waals surface area contributed by atoms with Crippen LogP contribution in [-0.2, 0) is 4.74 Å². The Labute approximate surface area is 119 Å². The Kier molecular flexibility index (Phi) is 3.35. The Morgan fingerprint density at radius 3 is 2.80 bits per heavy atom. The average molecular weight is 285 g/mol. The molecule has 3 rings (SSSR count). The molecule has 0 aliphatic heterocycles. The number of carbonyl (C=O) groups is 2. The number of thiophene rings is 1. The first-order valence-electron chi connectivity index (χ1n) is 6.05. The summed E-state index contributed by atoms with van der Waals surface area (Å²) in [6, 6.07) is 10.9. The number of para-hydroxylation sites is 1. The number of aromatic amines is 1. The Morgan fingerprint density at radius 2 is 2.00 bits per heavy atom. The van der Waals surface area contributed by atoms with Crippen molar-refractivity contribution in [1.82, 2.24) is 4.98 Å². The van der Waals surface area contributed by atoms with Gasteiger partial charge in [0.2, 0.25) is 5.78 Å². The lowest BCUT2D eigenvalue weighted by Crippen LogP contribution is -2.13. The van der Waals surface area contributed by atoms with Crippen molar-refractivity contribution in [3.05, 3.63) is 58.4 Å². The van der Waals surface area contributed by atoms with Crippen molar-refractivity contribution in [3.63, 3.8) is 0 Å². The van der Waals surface area contributed by atoms with Gasteiger partial charge in [0.1, 0.15) is 4.88 Å². The number of esters is 1. The zero-order chi connectivity index (χ0) is 13.9. The van der Waals surface area contributed by atoms with Gasteiger partial charge in [-0.2, -0.15) is 0 Å². The number of ketones is 1. The van der Waals surface area contributed by atoms with E-state index in [9.17, 15) is 9.59 Å². The molecule has 20 heavy (non-hydrogen) atoms. The molecule has 0 aliphatic carbocycles. The van der Waals surface area contributed by atoms with Crippen LogP contribution in [0.2, 0.25) is 0 Å². The predicted octanol–water partition coefficient (Wildman–Crippen LogP) is 3.27. The summed E-state index contributed by atoms with van der Waals surface area (Å²) in [4.78, 5) is 27.3. The number of ether oxygens (including phenoxy) is 1. The normalized spacial score (nSPS) is 10.6. The fourth-order valence-corrected chi connectivity index (χ4v) is 2.59. The van der Waals surface area contributed by atoms with E-state index < -0.39 is 5.97 Å². The molecular weight excluding hydrogens is 274 g/mol. The quantitative estimate of drug-likeness (QED) is 0.591. The molecule has 1 N–H and O–H groups in total. The van der Waals surface area contributed by atoms with E-state index in [2.05, 4.69) is 4.98 Å². The maximum Gasteiger partial charge on any atom is 0.348 e. The molecule has 0 radical (unpaired) electrons. The summed E-state index contributed by atoms with van der Waals surface area (Å²) in [6.07, 6.45) is 1.64. The van der Waals surface area contributed by atoms with Gasteiger partial charge in [-0.25, -0.2) is 4.79 Å². The molecule has 4 nitrogen and oxygen atoms in total. The minimum Gasteiger partial charge on any atom is -0.453 e. The van der Waals surface area contributed by atoms with Gasteiger partial charge in [-0.05, 0) is 17.5 Å². The predicted molar refractivity (Wildman–Crippen MR) is 77.2 cm³/mol. The first kappa shape index (κ1) is 12.6. The van der Waals surface area contributed by atoms with Crippen molar-refractivity contribution in [2.75, 3.05) is 6.61 Å². The number of benzene rings is 1. The third-order valence-electron chi connectivity index (χ3n) is 2.95. The van der Waals surface area contributed by atoms with E-state index in [0.717, 1.165) is 10.9 Å². The zero-order valence-corrected chi connectivity index (χ0v) is 11.3. The summed E-state index contributed by atoms with van der Waals surface area (Å²) in [5.41, 5.74) is 1.43. The van der Waals surface area contributed by atoms with Gasteiger partial charge in [0.25, 0.3) is 0 Å². The first-order chi connectivity index (χ1) is 9.75. The molecule has 5 heteroatoms. The van der Waals surface area contributed by atoms with Gasteiger partial charge in [0.05, 0.1) is 0 Å². The van der Waals surface area contributed by atoms with Crippen LogP contribution in [0.1, 0.15) is 20.0 Å². The van der Waals surface area contributed by atoms with Crippen LogP contribution in [0.5, 0.6) is 0 Å². The number of rotatable bonds is 4. The summed E-state index contributed by atoms with van der Waals surface area (Å²) in [7, 11) is 0. The van der Waals surface area contributed by atoms with Crippen LogP contribution in [0.3, 0.4) is 0 Å². The molecule has 0 spiro atoms. The Bertz CT molecular complexity index is 758. The topological polar surface area (TPSA) is 59.2 Å². The third kappa shape index (κ3) is 2.35. The highest BCUT2D eigenvalue weighted by molar-refractivity contribution is 7.11. The van der Waals surface area contributed by atoms with Crippen molar-refractivity contribution >= 4 is 34.0 Å². The minimum absolute atomic E-state index is 0.215. The van der Waals surface area contributed by atoms with Crippen LogP contribution in [0.25, 0.3) is 10.9 Å². The number of fused-ring (bicyclic) bond motifs is 1. The number of H-pyrrole nitrogens is 1. The van der Waals surface area contributed by atoms with Gasteiger partial charge in [-0.15, -0.1) is 11.3 Å². The van der Waals surface area contributed by atoms with E-state index in [1.54, 1.807) is 23.7 Å². The fraction of sp³-hybridized carbons (Fsp3) is 0.0667. The molecule has 3 aromatic rings. The van der Waals surface area contributed by atoms with Crippen molar-refractivity contribution < 1.29 is 14.3 Å². The largest absolute Gasteiger partial charge is 0.453 e. The Morgan fingerprint density at radius 1 is 1.15 bits per heavy atom. The number of carbonyl (C=O) groups excluding carboxylic acids is 2. The molecule has 0 fully saturated rings. The van der Waals surface area contributed by atoms with E-state index in [1.807, 2.05) is 24.3 Å². The molecule has 0 saturated heterocycles. The highest BCUT2D eigenvalue weighted by Crippen LogP contribution is 2.18. The Balaban J connectivity index is 1.72. The molecule has 0 bridgehead atoms. The van der Waals surface area contributed by atoms with E-state index in [0.29, 0.717) is 10.4 Å². The average Bonchev–Trinajstić information content (AvgIpc) is 3.13. The fourth-order valence-electron chi connectivity index (χ4n) is 1.98. The smallest absolute Gasteiger partial charge is 0.348 e. The first-order valence-corrected chi connectivity index (χ1v) is 6.93. The molecule has 0 unspecified atom stereocenters. The summed E-state index contributed by atoms with van der Waals surface area (Å²) in [5.74, 6) is -0.680. The molecule has 100 valence electrons. The van der Waals surface area contributed by atoms with Gasteiger partial charge in [-0.3, -0.25) is 4.79 Å². The van der Waals surface area contributed by atoms with Crippen molar-refractivity contribution in [3.8, 4) is 0 Å². The monoisotopic (exact) mass is 285 g/mol. The van der Waals surface area contributed by atoms with E-state index in [4.69, 9.17) is 4.74 Å². The lowest BCUT2D eigenvalue weighted by atomic mass is 10.1. The summed E-state index contributed by atoms with van der Waals surface area (Å²) < 4.78 is 5.03. The van der Waals surface area contributed by atoms with E-state index in [-0.39, 0.29) is 12.4 Å². The van der Waals surface area contributed by atoms with E-state index in [1.165, 1.54) is 11.3 Å². The summed E-state index contributed by atoms with van der Waals surface area (Å²) in [5, 5.41) is 2.63. The van der Waals surface area contributed by atoms with Crippen LogP contribution in [0, 0.1) is 0 Å². The number of Topliss-reactive ketones (excluding diaryl/α,β-unsaturated/α-hetero) is 1. The maximum absolute atomic E-state index is 12.1. The van der Waals surface area contributed by atoms with Crippen LogP contribution < -0.4 is 0 Å². The third-order valence-corrected chi connectivity index (χ3v) is 3.80. The molecule has 0 aliphatic rings. The molecular formula is C15H11NO3S. The van der Waals surface area contributed by atoms with E-state index >= 15 is 0 Å². The molecule has 2 aromatic heterocycles. The molecule has 0 amide bonds. The number of hydrogen-bond acceptors (Lipinski definition) is 4. The summed E-state index contributed by atoms with van der Waals surface area (Å²) in [6.45, 7) is -0.251. The lowest BCUT2D eigenvalue weighted by molar-refractivity contribution is 0.0480. The zero-order valence-electron chi connectivity index (χ0n) is 10.5. The standard InChI is InChI=1S/C15H11NO3S/c17-13(9-19-15(18)14-6-3-7-20-14)11-8-16-12-5-2-1-4-10(11)12/h1-8,16H,9H2. The van der Waals surface area contributed by atoms with Gasteiger partial charge in [0, 0.05) is 22.7 Å². The molecule has 1 aromatic carbocycles. The number of aromatic nitrogens is 1. The second-order valence-corrected chi connectivity index (χ2v) is 5.17. The second-order valence-electron chi connectivity index (χ2n) is 4.22. The van der Waals surface area contributed by atoms with Gasteiger partial charge < -0.3 is 9.72 Å².